The third-order valence-electron chi connectivity index (χ3n) is 8.02. The summed E-state index contributed by atoms with van der Waals surface area (Å²) in [5.41, 5.74) is 12.0. The Hall–Kier alpha value is -5.18. The summed E-state index contributed by atoms with van der Waals surface area (Å²) < 4.78 is 40.6. The van der Waals surface area contributed by atoms with Crippen molar-refractivity contribution in [1.82, 2.24) is 0 Å². The van der Waals surface area contributed by atoms with Crippen molar-refractivity contribution in [3.05, 3.63) is 192 Å². The number of benzene rings is 5. The van der Waals surface area contributed by atoms with E-state index >= 15 is 0 Å². The summed E-state index contributed by atoms with van der Waals surface area (Å²) in [5.74, 6) is 1.70. The van der Waals surface area contributed by atoms with Crippen molar-refractivity contribution < 1.29 is 33.6 Å². The van der Waals surface area contributed by atoms with E-state index in [4.69, 9.17) is 23.4 Å². The van der Waals surface area contributed by atoms with Crippen LogP contribution in [-0.2, 0) is 4.74 Å². The summed E-state index contributed by atoms with van der Waals surface area (Å²) in [4.78, 5) is 2.56. The summed E-state index contributed by atoms with van der Waals surface area (Å²) in [7, 11) is -4.94. The predicted molar refractivity (Wildman–Crippen MR) is 181 cm³/mol. The molecule has 0 unspecified atom stereocenters. The molecular formula is C41H27ClO5S. The molecular weight excluding hydrogens is 640 g/mol. The van der Waals surface area contributed by atoms with Crippen LogP contribution >= 0.6 is 11.3 Å². The molecule has 5 nitrogen and oxygen atoms in total. The highest BCUT2D eigenvalue weighted by atomic mass is 35.7. The van der Waals surface area contributed by atoms with Gasteiger partial charge in [0.25, 0.3) is 0 Å². The van der Waals surface area contributed by atoms with Crippen LogP contribution in [0.2, 0.25) is 0 Å². The molecule has 0 amide bonds. The van der Waals surface area contributed by atoms with Gasteiger partial charge in [0.15, 0.2) is 0 Å². The maximum Gasteiger partial charge on any atom is 0.247 e. The summed E-state index contributed by atoms with van der Waals surface area (Å²) in [6.45, 7) is 0. The molecule has 1 aliphatic carbocycles. The van der Waals surface area contributed by atoms with Crippen LogP contribution in [0.4, 0.5) is 0 Å². The van der Waals surface area contributed by atoms with Gasteiger partial charge < -0.3 is 4.74 Å². The minimum Gasteiger partial charge on any atom is -0.456 e. The van der Waals surface area contributed by atoms with Crippen LogP contribution in [0.25, 0.3) is 49.1 Å². The molecule has 0 fully saturated rings. The fraction of sp³-hybridized carbons (Fsp3) is 0. The lowest BCUT2D eigenvalue weighted by atomic mass is 9.90. The molecule has 1 aromatic heterocycles. The molecule has 0 saturated carbocycles. The number of hydrogen-bond acceptors (Lipinski definition) is 5. The molecule has 0 bridgehead atoms. The van der Waals surface area contributed by atoms with Gasteiger partial charge in [-0.2, -0.15) is 0 Å². The zero-order chi connectivity index (χ0) is 33.1. The zero-order valence-corrected chi connectivity index (χ0v) is 27.0. The highest BCUT2D eigenvalue weighted by Crippen LogP contribution is 2.54. The van der Waals surface area contributed by atoms with Gasteiger partial charge in [0.1, 0.15) is 11.5 Å². The van der Waals surface area contributed by atoms with E-state index in [2.05, 4.69) is 152 Å². The third kappa shape index (κ3) is 6.76. The van der Waals surface area contributed by atoms with Crippen LogP contribution in [0.3, 0.4) is 0 Å². The maximum absolute atomic E-state index is 8.49. The van der Waals surface area contributed by atoms with E-state index in [1.165, 1.54) is 48.7 Å². The Labute approximate surface area is 284 Å². The first kappa shape index (κ1) is 31.4. The number of fused-ring (bicyclic) bond motifs is 3. The minimum absolute atomic E-state index is 0.848. The van der Waals surface area contributed by atoms with Crippen molar-refractivity contribution in [2.24, 2.45) is 0 Å². The standard InChI is InChI=1S/C41H27OS.ClHO4/c1-5-15-28(16-6-1)35-27-38(31-21-11-4-12-22-31)43-41-34-24-14-13-23-33(34)39(40(35)41)32-25-36(29-17-7-2-8-18-29)42-37(26-32)30-19-9-3-10-20-30;2-1(3,4)5/h1-27H;(H,2,3,4,5)/q+1;/p-1. The van der Waals surface area contributed by atoms with Crippen molar-refractivity contribution in [1.29, 1.82) is 0 Å². The number of halogens is 1. The van der Waals surface area contributed by atoms with Gasteiger partial charge in [0.05, 0.1) is 5.56 Å². The SMILES string of the molecule is C1=C(c2ccccc2)OC(c2ccccc2)=CC1=C1c2ccccc2-c2[s+]c(-c3ccccc3)cc(-c3ccccc3)c21.[O-][Cl+3]([O-])([O-])[O-]. The predicted octanol–water partition coefficient (Wildman–Crippen LogP) is 6.50. The Morgan fingerprint density at radius 3 is 1.38 bits per heavy atom. The van der Waals surface area contributed by atoms with Crippen molar-refractivity contribution in [3.63, 3.8) is 0 Å². The monoisotopic (exact) mass is 666 g/mol. The molecule has 6 aromatic rings. The molecule has 1 aliphatic heterocycles. The summed E-state index contributed by atoms with van der Waals surface area (Å²) >= 11 is 1.87. The lowest BCUT2D eigenvalue weighted by molar-refractivity contribution is -2.00. The fourth-order valence-electron chi connectivity index (χ4n) is 6.01. The third-order valence-corrected chi connectivity index (χ3v) is 9.22. The van der Waals surface area contributed by atoms with Crippen molar-refractivity contribution in [2.75, 3.05) is 0 Å². The van der Waals surface area contributed by atoms with Crippen LogP contribution in [0.15, 0.2) is 169 Å². The second-order valence-electron chi connectivity index (χ2n) is 11.1. The normalized spacial score (nSPS) is 13.3. The Kier molecular flexibility index (Phi) is 8.84. The van der Waals surface area contributed by atoms with Crippen molar-refractivity contribution >= 4 is 28.4 Å². The first-order valence-corrected chi connectivity index (χ1v) is 17.2. The molecule has 234 valence electrons. The Morgan fingerprint density at radius 1 is 0.458 bits per heavy atom. The largest absolute Gasteiger partial charge is 0.456 e. The molecule has 8 rings (SSSR count). The Bertz CT molecular complexity index is 2110. The molecule has 48 heavy (non-hydrogen) atoms. The molecule has 0 radical (unpaired) electrons. The van der Waals surface area contributed by atoms with Gasteiger partial charge in [-0.15, -0.1) is 10.2 Å². The van der Waals surface area contributed by atoms with Crippen molar-refractivity contribution in [2.45, 2.75) is 0 Å². The highest BCUT2D eigenvalue weighted by molar-refractivity contribution is 7.19. The lowest BCUT2D eigenvalue weighted by Crippen LogP contribution is -2.68. The second kappa shape index (κ2) is 13.5. The van der Waals surface area contributed by atoms with Gasteiger partial charge in [0, 0.05) is 39.5 Å². The topological polar surface area (TPSA) is 101 Å². The molecule has 7 heteroatoms. The quantitative estimate of drug-likeness (QED) is 0.200. The average molecular weight is 667 g/mol. The number of ether oxygens (including phenoxy) is 1. The van der Waals surface area contributed by atoms with Crippen LogP contribution in [-0.4, -0.2) is 0 Å². The van der Waals surface area contributed by atoms with Gasteiger partial charge >= 0.3 is 0 Å². The van der Waals surface area contributed by atoms with Crippen LogP contribution < -0.4 is 18.6 Å². The average Bonchev–Trinajstić information content (AvgIpc) is 3.46. The molecule has 0 saturated heterocycles. The van der Waals surface area contributed by atoms with Gasteiger partial charge in [0.2, 0.25) is 21.1 Å². The van der Waals surface area contributed by atoms with Crippen LogP contribution in [0.1, 0.15) is 22.3 Å². The van der Waals surface area contributed by atoms with Crippen LogP contribution in [0.5, 0.6) is 0 Å². The first-order valence-electron chi connectivity index (χ1n) is 15.1. The number of rotatable bonds is 4. The van der Waals surface area contributed by atoms with E-state index in [-0.39, 0.29) is 0 Å². The summed E-state index contributed by atoms with van der Waals surface area (Å²) in [6, 6.07) is 53.5. The molecule has 0 atom stereocenters. The fourth-order valence-corrected chi connectivity index (χ4v) is 7.27. The second-order valence-corrected chi connectivity index (χ2v) is 12.9. The van der Waals surface area contributed by atoms with E-state index in [1.54, 1.807) is 0 Å². The molecule has 0 N–H and O–H groups in total. The molecule has 0 spiro atoms. The summed E-state index contributed by atoms with van der Waals surface area (Å²) in [6.07, 6.45) is 4.43. The smallest absolute Gasteiger partial charge is 0.247 e. The Balaban J connectivity index is 0.000000681. The van der Waals surface area contributed by atoms with E-state index in [0.717, 1.165) is 28.2 Å². The maximum atomic E-state index is 8.49. The minimum atomic E-state index is -4.94. The van der Waals surface area contributed by atoms with Gasteiger partial charge in [-0.25, -0.2) is 18.6 Å². The first-order chi connectivity index (χ1) is 23.3. The molecule has 2 aliphatic rings. The van der Waals surface area contributed by atoms with Gasteiger partial charge in [-0.1, -0.05) is 127 Å². The zero-order valence-electron chi connectivity index (χ0n) is 25.4. The van der Waals surface area contributed by atoms with E-state index < -0.39 is 10.2 Å². The van der Waals surface area contributed by atoms with E-state index in [9.17, 15) is 0 Å². The molecule has 2 heterocycles. The van der Waals surface area contributed by atoms with Gasteiger partial charge in [-0.05, 0) is 47.1 Å². The lowest BCUT2D eigenvalue weighted by Gasteiger charge is -2.21. The summed E-state index contributed by atoms with van der Waals surface area (Å²) in [5, 5.41) is 0. The highest BCUT2D eigenvalue weighted by Gasteiger charge is 2.37. The number of hydrogen-bond donors (Lipinski definition) is 0. The van der Waals surface area contributed by atoms with Gasteiger partial charge in [-0.3, -0.25) is 0 Å². The Morgan fingerprint density at radius 2 is 0.875 bits per heavy atom. The number of allylic oxidation sites excluding steroid dienone is 3. The van der Waals surface area contributed by atoms with E-state index in [1.807, 2.05) is 23.5 Å². The van der Waals surface area contributed by atoms with E-state index in [0.29, 0.717) is 0 Å². The molecule has 5 aromatic carbocycles. The van der Waals surface area contributed by atoms with Crippen molar-refractivity contribution in [3.8, 4) is 32.0 Å². The van der Waals surface area contributed by atoms with Crippen LogP contribution in [0, 0.1) is 10.2 Å².